The number of nitrogens with one attached hydrogen (secondary N) is 1. The lowest BCUT2D eigenvalue weighted by Crippen LogP contribution is -2.32. The van der Waals surface area contributed by atoms with Gasteiger partial charge in [-0.1, -0.05) is 24.6 Å². The highest BCUT2D eigenvalue weighted by atomic mass is 35.5. The molecule has 3 aromatic rings. The van der Waals surface area contributed by atoms with Crippen LogP contribution in [-0.2, 0) is 17.6 Å². The highest BCUT2D eigenvalue weighted by molar-refractivity contribution is 6.31. The zero-order chi connectivity index (χ0) is 23.2. The van der Waals surface area contributed by atoms with Crippen molar-refractivity contribution in [1.29, 1.82) is 0 Å². The van der Waals surface area contributed by atoms with E-state index in [1.807, 2.05) is 25.1 Å². The molecule has 1 aliphatic carbocycles. The average Bonchev–Trinajstić information content (AvgIpc) is 2.84. The Morgan fingerprint density at radius 3 is 2.36 bits per heavy atom. The summed E-state index contributed by atoms with van der Waals surface area (Å²) in [7, 11) is 1.61. The van der Waals surface area contributed by atoms with Crippen molar-refractivity contribution in [3.05, 3.63) is 76.8 Å². The quantitative estimate of drug-likeness (QED) is 0.396. The van der Waals surface area contributed by atoms with Gasteiger partial charge in [0.25, 0.3) is 5.91 Å². The smallest absolute Gasteiger partial charge is 0.265 e. The normalized spacial score (nSPS) is 13.5. The fourth-order valence-corrected chi connectivity index (χ4v) is 4.11. The van der Waals surface area contributed by atoms with E-state index in [0.29, 0.717) is 28.6 Å². The standard InChI is InChI=1S/C27H28ClNO4/c1-3-25(33-23-10-8-18-6-4-5-7-19(18)16-23)27(30)29-24-17-20(28)9-15-26(24)32-22-13-11-21(31-2)12-14-22/h8-17,25H,3-7H2,1-2H3,(H,29,30). The molecule has 0 aromatic heterocycles. The van der Waals surface area contributed by atoms with Crippen molar-refractivity contribution in [2.24, 2.45) is 0 Å². The molecule has 0 fully saturated rings. The van der Waals surface area contributed by atoms with E-state index in [2.05, 4.69) is 17.4 Å². The molecule has 5 nitrogen and oxygen atoms in total. The number of benzene rings is 3. The predicted molar refractivity (Wildman–Crippen MR) is 131 cm³/mol. The van der Waals surface area contributed by atoms with Crippen molar-refractivity contribution in [1.82, 2.24) is 0 Å². The lowest BCUT2D eigenvalue weighted by molar-refractivity contribution is -0.122. The fraction of sp³-hybridized carbons (Fsp3) is 0.296. The Balaban J connectivity index is 1.48. The van der Waals surface area contributed by atoms with E-state index in [9.17, 15) is 4.79 Å². The Hall–Kier alpha value is -3.18. The van der Waals surface area contributed by atoms with E-state index < -0.39 is 6.10 Å². The van der Waals surface area contributed by atoms with Crippen LogP contribution in [0.5, 0.6) is 23.0 Å². The molecule has 172 valence electrons. The SMILES string of the molecule is CCC(Oc1ccc2c(c1)CCCC2)C(=O)Nc1cc(Cl)ccc1Oc1ccc(OC)cc1. The lowest BCUT2D eigenvalue weighted by atomic mass is 9.92. The largest absolute Gasteiger partial charge is 0.497 e. The molecule has 33 heavy (non-hydrogen) atoms. The Bertz CT molecular complexity index is 1110. The van der Waals surface area contributed by atoms with E-state index >= 15 is 0 Å². The van der Waals surface area contributed by atoms with Crippen LogP contribution in [0.4, 0.5) is 5.69 Å². The molecule has 1 N–H and O–H groups in total. The van der Waals surface area contributed by atoms with Crippen molar-refractivity contribution < 1.29 is 19.0 Å². The van der Waals surface area contributed by atoms with Crippen molar-refractivity contribution in [2.75, 3.05) is 12.4 Å². The summed E-state index contributed by atoms with van der Waals surface area (Å²) in [6.45, 7) is 1.93. The second-order valence-corrected chi connectivity index (χ2v) is 8.50. The molecule has 0 radical (unpaired) electrons. The number of fused-ring (bicyclic) bond motifs is 1. The minimum absolute atomic E-state index is 0.253. The van der Waals surface area contributed by atoms with Crippen LogP contribution in [-0.4, -0.2) is 19.1 Å². The summed E-state index contributed by atoms with van der Waals surface area (Å²) >= 11 is 6.20. The highest BCUT2D eigenvalue weighted by Crippen LogP contribution is 2.33. The second-order valence-electron chi connectivity index (χ2n) is 8.06. The van der Waals surface area contributed by atoms with Crippen molar-refractivity contribution in [3.8, 4) is 23.0 Å². The van der Waals surface area contributed by atoms with E-state index in [1.165, 1.54) is 24.0 Å². The Kier molecular flexibility index (Phi) is 7.40. The van der Waals surface area contributed by atoms with Crippen molar-refractivity contribution >= 4 is 23.2 Å². The topological polar surface area (TPSA) is 56.8 Å². The monoisotopic (exact) mass is 465 g/mol. The van der Waals surface area contributed by atoms with Gasteiger partial charge < -0.3 is 19.5 Å². The van der Waals surface area contributed by atoms with Crippen LogP contribution in [0.15, 0.2) is 60.7 Å². The molecule has 1 aliphatic rings. The van der Waals surface area contributed by atoms with Gasteiger partial charge in [-0.15, -0.1) is 0 Å². The Morgan fingerprint density at radius 1 is 0.939 bits per heavy atom. The number of hydrogen-bond donors (Lipinski definition) is 1. The van der Waals surface area contributed by atoms with Gasteiger partial charge in [0.15, 0.2) is 11.9 Å². The second kappa shape index (κ2) is 10.6. The molecule has 6 heteroatoms. The molecule has 1 unspecified atom stereocenters. The van der Waals surface area contributed by atoms with Crippen LogP contribution >= 0.6 is 11.6 Å². The van der Waals surface area contributed by atoms with Crippen LogP contribution in [0, 0.1) is 0 Å². The number of halogens is 1. The Morgan fingerprint density at radius 2 is 1.64 bits per heavy atom. The van der Waals surface area contributed by atoms with Gasteiger partial charge in [-0.3, -0.25) is 4.79 Å². The number of hydrogen-bond acceptors (Lipinski definition) is 4. The van der Waals surface area contributed by atoms with Crippen molar-refractivity contribution in [3.63, 3.8) is 0 Å². The maximum atomic E-state index is 13.1. The lowest BCUT2D eigenvalue weighted by Gasteiger charge is -2.21. The van der Waals surface area contributed by atoms with Gasteiger partial charge in [0.2, 0.25) is 0 Å². The number of carbonyl (C=O) groups excluding carboxylic acids is 1. The van der Waals surface area contributed by atoms with E-state index in [1.54, 1.807) is 37.4 Å². The van der Waals surface area contributed by atoms with Gasteiger partial charge in [0, 0.05) is 5.02 Å². The number of amides is 1. The Labute approximate surface area is 199 Å². The maximum Gasteiger partial charge on any atom is 0.265 e. The van der Waals surface area contributed by atoms with Gasteiger partial charge in [-0.05, 0) is 97.8 Å². The van der Waals surface area contributed by atoms with Gasteiger partial charge in [0.1, 0.15) is 17.2 Å². The molecular weight excluding hydrogens is 438 g/mol. The summed E-state index contributed by atoms with van der Waals surface area (Å²) in [6, 6.07) is 18.5. The number of carbonyl (C=O) groups is 1. The van der Waals surface area contributed by atoms with Crippen LogP contribution in [0.1, 0.15) is 37.3 Å². The van der Waals surface area contributed by atoms with Gasteiger partial charge in [-0.25, -0.2) is 0 Å². The zero-order valence-corrected chi connectivity index (χ0v) is 19.7. The summed E-state index contributed by atoms with van der Waals surface area (Å²) in [5.74, 6) is 2.31. The van der Waals surface area contributed by atoms with Crippen LogP contribution in [0.3, 0.4) is 0 Å². The molecule has 0 heterocycles. The van der Waals surface area contributed by atoms with Crippen LogP contribution in [0.25, 0.3) is 0 Å². The summed E-state index contributed by atoms with van der Waals surface area (Å²) in [4.78, 5) is 13.1. The first-order valence-electron chi connectivity index (χ1n) is 11.3. The highest BCUT2D eigenvalue weighted by Gasteiger charge is 2.21. The molecule has 0 bridgehead atoms. The molecule has 0 saturated carbocycles. The van der Waals surface area contributed by atoms with E-state index in [0.717, 1.165) is 24.3 Å². The van der Waals surface area contributed by atoms with Crippen LogP contribution in [0.2, 0.25) is 5.02 Å². The molecule has 4 rings (SSSR count). The summed E-state index contributed by atoms with van der Waals surface area (Å²) < 4.78 is 17.3. The summed E-state index contributed by atoms with van der Waals surface area (Å²) in [5.41, 5.74) is 3.18. The van der Waals surface area contributed by atoms with E-state index in [-0.39, 0.29) is 5.91 Å². The van der Waals surface area contributed by atoms with Crippen LogP contribution < -0.4 is 19.5 Å². The number of rotatable bonds is 8. The van der Waals surface area contributed by atoms with E-state index in [4.69, 9.17) is 25.8 Å². The summed E-state index contributed by atoms with van der Waals surface area (Å²) in [5, 5.41) is 3.43. The van der Waals surface area contributed by atoms with Gasteiger partial charge >= 0.3 is 0 Å². The molecular formula is C27H28ClNO4. The molecule has 0 aliphatic heterocycles. The zero-order valence-electron chi connectivity index (χ0n) is 18.9. The molecule has 3 aromatic carbocycles. The predicted octanol–water partition coefficient (Wildman–Crippen LogP) is 6.82. The molecule has 0 saturated heterocycles. The van der Waals surface area contributed by atoms with Gasteiger partial charge in [-0.2, -0.15) is 0 Å². The molecule has 0 spiro atoms. The first-order chi connectivity index (χ1) is 16.1. The van der Waals surface area contributed by atoms with Gasteiger partial charge in [0.05, 0.1) is 12.8 Å². The minimum atomic E-state index is -0.639. The summed E-state index contributed by atoms with van der Waals surface area (Å²) in [6.07, 6.45) is 4.48. The third kappa shape index (κ3) is 5.79. The minimum Gasteiger partial charge on any atom is -0.497 e. The average molecular weight is 466 g/mol. The van der Waals surface area contributed by atoms with Crippen molar-refractivity contribution in [2.45, 2.75) is 45.1 Å². The molecule has 1 atom stereocenters. The number of anilines is 1. The molecule has 1 amide bonds. The number of aryl methyl sites for hydroxylation is 2. The maximum absolute atomic E-state index is 13.1. The fourth-order valence-electron chi connectivity index (χ4n) is 3.94. The first-order valence-corrected chi connectivity index (χ1v) is 11.6. The number of ether oxygens (including phenoxy) is 3. The third-order valence-corrected chi connectivity index (χ3v) is 5.98. The number of methoxy groups -OCH3 is 1. The first kappa shape index (κ1) is 23.0. The third-order valence-electron chi connectivity index (χ3n) is 5.75.